The van der Waals surface area contributed by atoms with Gasteiger partial charge in [-0.15, -0.1) is 0 Å². The number of nitrogens with zero attached hydrogens (tertiary/aromatic N) is 2. The molecule has 0 aliphatic carbocycles. The van der Waals surface area contributed by atoms with Crippen LogP contribution >= 0.6 is 0 Å². The molecule has 8 aromatic carbocycles. The first kappa shape index (κ1) is 28.4. The van der Waals surface area contributed by atoms with E-state index in [1.807, 2.05) is 0 Å². The van der Waals surface area contributed by atoms with Gasteiger partial charge in [0.2, 0.25) is 0 Å². The van der Waals surface area contributed by atoms with Gasteiger partial charge in [-0.1, -0.05) is 0 Å². The SMILES string of the molecule is c1ccc(N2c3cccc4[c]3[GeH]3[c]5c(cccc5Oc5cc6c7[c]8c(cc6c2[c]53)Oc2cccc3[c]2[GeH]8[c]2c(cccc2N7c2ccccc2)O3)O4)cc1. The number of hydrogen-bond acceptors (Lipinski definition) is 6. The summed E-state index contributed by atoms with van der Waals surface area (Å²) in [5, 5.41) is 2.33. The van der Waals surface area contributed by atoms with Crippen LogP contribution in [0.15, 0.2) is 146 Å². The molecule has 6 aliphatic rings. The van der Waals surface area contributed by atoms with E-state index in [-0.39, 0.29) is 0 Å². The van der Waals surface area contributed by atoms with E-state index in [1.54, 1.807) is 0 Å². The molecule has 252 valence electrons. The van der Waals surface area contributed by atoms with E-state index in [4.69, 9.17) is 18.9 Å². The van der Waals surface area contributed by atoms with Crippen LogP contribution in [0, 0.1) is 0 Å². The zero-order chi connectivity index (χ0) is 34.8. The van der Waals surface area contributed by atoms with Crippen molar-refractivity contribution in [3.05, 3.63) is 146 Å². The first-order valence-electron chi connectivity index (χ1n) is 18.4. The first-order chi connectivity index (χ1) is 26.8. The Balaban J connectivity index is 1.18. The number of hydrogen-bond donors (Lipinski definition) is 0. The third-order valence-corrected chi connectivity index (χ3v) is 26.5. The number of rotatable bonds is 2. The van der Waals surface area contributed by atoms with Crippen molar-refractivity contribution >= 4 is 100.0 Å². The maximum atomic E-state index is 7.11. The molecule has 6 nitrogen and oxygen atoms in total. The molecule has 54 heavy (non-hydrogen) atoms. The Morgan fingerprint density at radius 1 is 0.315 bits per heavy atom. The molecule has 2 unspecified atom stereocenters. The summed E-state index contributed by atoms with van der Waals surface area (Å²) in [7, 11) is 0. The quantitative estimate of drug-likeness (QED) is 0.171. The van der Waals surface area contributed by atoms with E-state index in [1.165, 1.54) is 59.9 Å². The molecule has 0 N–H and O–H groups in total. The molecule has 0 amide bonds. The molecule has 2 atom stereocenters. The minimum atomic E-state index is -2.79. The van der Waals surface area contributed by atoms with Crippen molar-refractivity contribution in [3.63, 3.8) is 0 Å². The molecule has 0 saturated carbocycles. The standard InChI is InChI=1S/C46H26Ge2N2O4/c1-3-11-25(12-4-1)49-29-15-7-17-31-39(29)47-41-33(51-31)19-9-21-35(41)53-37-24-28-27(45(49)43(37)47)23-38-44-46(28)50(26-13-5-2-6-14-26)30-16-8-18-32-40(30)48(44)42-34(52-32)20-10-22-36(42)54-38/h1-24,47-48H. The van der Waals surface area contributed by atoms with Crippen molar-refractivity contribution < 1.29 is 18.9 Å². The second-order valence-electron chi connectivity index (χ2n) is 14.7. The third-order valence-electron chi connectivity index (χ3n) is 12.1. The number of ether oxygens (including phenoxy) is 4. The van der Waals surface area contributed by atoms with Gasteiger partial charge in [0.05, 0.1) is 0 Å². The summed E-state index contributed by atoms with van der Waals surface area (Å²) in [6.45, 7) is 0. The zero-order valence-corrected chi connectivity index (χ0v) is 33.4. The van der Waals surface area contributed by atoms with Gasteiger partial charge in [-0.2, -0.15) is 0 Å². The fourth-order valence-corrected chi connectivity index (χ4v) is 25.6. The average molecular weight is 816 g/mol. The van der Waals surface area contributed by atoms with Crippen molar-refractivity contribution in [1.29, 1.82) is 0 Å². The summed E-state index contributed by atoms with van der Waals surface area (Å²) in [5.41, 5.74) is 6.98. The summed E-state index contributed by atoms with van der Waals surface area (Å²) in [6.07, 6.45) is 0. The van der Waals surface area contributed by atoms with E-state index >= 15 is 0 Å². The van der Waals surface area contributed by atoms with E-state index in [0.29, 0.717) is 0 Å². The Labute approximate surface area is 318 Å². The molecule has 8 heteroatoms. The molecule has 0 bridgehead atoms. The van der Waals surface area contributed by atoms with E-state index in [9.17, 15) is 0 Å². The van der Waals surface area contributed by atoms with Gasteiger partial charge in [0.15, 0.2) is 0 Å². The van der Waals surface area contributed by atoms with Gasteiger partial charge in [-0.05, 0) is 0 Å². The summed E-state index contributed by atoms with van der Waals surface area (Å²) < 4.78 is 35.6. The predicted molar refractivity (Wildman–Crippen MR) is 219 cm³/mol. The summed E-state index contributed by atoms with van der Waals surface area (Å²) >= 11 is -5.57. The van der Waals surface area contributed by atoms with Crippen LogP contribution in [-0.4, -0.2) is 28.7 Å². The molecule has 8 aromatic rings. The average Bonchev–Trinajstić information content (AvgIpc) is 3.22. The molecular weight excluding hydrogens is 790 g/mol. The molecule has 0 aromatic heterocycles. The van der Waals surface area contributed by atoms with Gasteiger partial charge in [0.25, 0.3) is 0 Å². The minimum absolute atomic E-state index is 0.925. The number of para-hydroxylation sites is 2. The Bertz CT molecular complexity index is 2840. The van der Waals surface area contributed by atoms with Crippen LogP contribution < -0.4 is 55.1 Å². The van der Waals surface area contributed by atoms with Crippen molar-refractivity contribution in [2.75, 3.05) is 9.80 Å². The number of fused-ring (bicyclic) bond motifs is 3. The fourth-order valence-electron chi connectivity index (χ4n) is 10.2. The molecule has 0 saturated heterocycles. The van der Waals surface area contributed by atoms with Crippen LogP contribution in [0.5, 0.6) is 46.0 Å². The molecule has 0 spiro atoms. The fraction of sp³-hybridized carbons (Fsp3) is 0. The van der Waals surface area contributed by atoms with Crippen LogP contribution in [0.25, 0.3) is 10.8 Å². The maximum absolute atomic E-state index is 7.11. The van der Waals surface area contributed by atoms with Crippen molar-refractivity contribution in [2.24, 2.45) is 0 Å². The van der Waals surface area contributed by atoms with Gasteiger partial charge < -0.3 is 0 Å². The Morgan fingerprint density at radius 3 is 1.07 bits per heavy atom. The summed E-state index contributed by atoms with van der Waals surface area (Å²) in [5.74, 6) is 7.55. The van der Waals surface area contributed by atoms with Crippen LogP contribution in [0.3, 0.4) is 0 Å². The predicted octanol–water partition coefficient (Wildman–Crippen LogP) is 7.33. The summed E-state index contributed by atoms with van der Waals surface area (Å²) in [4.78, 5) is 4.94. The van der Waals surface area contributed by atoms with Crippen molar-refractivity contribution in [3.8, 4) is 46.0 Å². The Morgan fingerprint density at radius 2 is 0.667 bits per heavy atom. The van der Waals surface area contributed by atoms with Crippen LogP contribution in [0.2, 0.25) is 0 Å². The van der Waals surface area contributed by atoms with Gasteiger partial charge in [0.1, 0.15) is 0 Å². The van der Waals surface area contributed by atoms with Crippen LogP contribution in [0.1, 0.15) is 0 Å². The van der Waals surface area contributed by atoms with Gasteiger partial charge in [0, 0.05) is 0 Å². The second-order valence-corrected chi connectivity index (χ2v) is 25.6. The Hall–Kier alpha value is -6.09. The molecular formula is C46H26Ge2N2O4. The van der Waals surface area contributed by atoms with Crippen molar-refractivity contribution in [2.45, 2.75) is 0 Å². The topological polar surface area (TPSA) is 43.4 Å². The molecule has 6 heterocycles. The Kier molecular flexibility index (Phi) is 5.21. The van der Waals surface area contributed by atoms with Crippen molar-refractivity contribution in [1.82, 2.24) is 0 Å². The second kappa shape index (κ2) is 9.90. The molecule has 0 fully saturated rings. The molecule has 0 radical (unpaired) electrons. The zero-order valence-electron chi connectivity index (χ0n) is 28.5. The van der Waals surface area contributed by atoms with Gasteiger partial charge >= 0.3 is 320 Å². The van der Waals surface area contributed by atoms with Crippen LogP contribution in [0.4, 0.5) is 34.1 Å². The van der Waals surface area contributed by atoms with Gasteiger partial charge in [-0.3, -0.25) is 0 Å². The number of benzene rings is 8. The van der Waals surface area contributed by atoms with Gasteiger partial charge in [-0.25, -0.2) is 0 Å². The summed E-state index contributed by atoms with van der Waals surface area (Å²) in [6, 6.07) is 52.1. The normalized spacial score (nSPS) is 17.4. The molecule has 14 rings (SSSR count). The first-order valence-corrected chi connectivity index (χ1v) is 25.7. The van der Waals surface area contributed by atoms with Crippen LogP contribution in [-0.2, 0) is 0 Å². The third kappa shape index (κ3) is 3.36. The monoisotopic (exact) mass is 818 g/mol. The molecule has 6 aliphatic heterocycles. The van der Waals surface area contributed by atoms with E-state index < -0.39 is 28.7 Å². The van der Waals surface area contributed by atoms with E-state index in [0.717, 1.165) is 57.4 Å². The van der Waals surface area contributed by atoms with E-state index in [2.05, 4.69) is 155 Å². The number of anilines is 6.